The first-order chi connectivity index (χ1) is 15.7. The van der Waals surface area contributed by atoms with Crippen LogP contribution < -0.4 is 15.4 Å². The number of hydrogen-bond donors (Lipinski definition) is 2. The number of methoxy groups -OCH3 is 1. The summed E-state index contributed by atoms with van der Waals surface area (Å²) in [5.74, 6) is 2.57. The lowest BCUT2D eigenvalue weighted by atomic mass is 10.1. The van der Waals surface area contributed by atoms with Crippen LogP contribution in [0, 0.1) is 6.92 Å². The fraction of sp³-hybridized carbons (Fsp3) is 0.391. The number of aliphatic imine (C=N–C) groups is 1. The van der Waals surface area contributed by atoms with Crippen LogP contribution in [0.3, 0.4) is 0 Å². The van der Waals surface area contributed by atoms with Gasteiger partial charge in [-0.25, -0.2) is 4.99 Å². The molecule has 0 unspecified atom stereocenters. The predicted molar refractivity (Wildman–Crippen MR) is 138 cm³/mol. The van der Waals surface area contributed by atoms with E-state index in [0.717, 1.165) is 23.4 Å². The molecule has 2 N–H and O–H groups in total. The van der Waals surface area contributed by atoms with Gasteiger partial charge in [-0.05, 0) is 37.6 Å². The van der Waals surface area contributed by atoms with Crippen molar-refractivity contribution in [2.75, 3.05) is 33.4 Å². The van der Waals surface area contributed by atoms with Gasteiger partial charge in [-0.3, -0.25) is 4.98 Å². The molecule has 3 aromatic rings. The number of nitrogens with zero attached hydrogens (tertiary/aromatic N) is 4. The Morgan fingerprint density at radius 1 is 1.15 bits per heavy atom. The Bertz CT molecular complexity index is 997. The number of ether oxygens (including phenoxy) is 2. The largest absolute Gasteiger partial charge is 0.491 e. The Morgan fingerprint density at radius 3 is 2.79 bits per heavy atom. The highest BCUT2D eigenvalue weighted by molar-refractivity contribution is 14.0. The van der Waals surface area contributed by atoms with Crippen molar-refractivity contribution in [1.29, 1.82) is 0 Å². The average Bonchev–Trinajstić information content (AvgIpc) is 3.28. The zero-order valence-electron chi connectivity index (χ0n) is 19.2. The molecular formula is C23H31IN6O3. The van der Waals surface area contributed by atoms with E-state index in [2.05, 4.69) is 31.8 Å². The van der Waals surface area contributed by atoms with Crippen molar-refractivity contribution in [3.63, 3.8) is 0 Å². The molecule has 2 heterocycles. The standard InChI is InChI=1S/C23H30N6O3.HI/c1-4-24-23(27-16-18-9-8-17(2)15-20(18)31-14-13-30-3)26-12-10-21-28-22(32-29-21)19-7-5-6-11-25-19;/h5-9,11,15H,4,10,12-14,16H2,1-3H3,(H2,24,26,27);1H. The van der Waals surface area contributed by atoms with E-state index in [9.17, 15) is 0 Å². The van der Waals surface area contributed by atoms with Gasteiger partial charge in [0.05, 0.1) is 13.2 Å². The Labute approximate surface area is 211 Å². The van der Waals surface area contributed by atoms with Crippen molar-refractivity contribution in [3.05, 3.63) is 59.5 Å². The van der Waals surface area contributed by atoms with Crippen molar-refractivity contribution in [2.45, 2.75) is 26.8 Å². The SMILES string of the molecule is CCNC(=NCc1ccc(C)cc1OCCOC)NCCc1noc(-c2ccccn2)n1.I. The molecule has 0 saturated heterocycles. The number of nitrogens with one attached hydrogen (secondary N) is 2. The molecule has 0 saturated carbocycles. The molecule has 1 aromatic carbocycles. The number of guanidine groups is 1. The van der Waals surface area contributed by atoms with Crippen molar-refractivity contribution >= 4 is 29.9 Å². The third-order valence-corrected chi connectivity index (χ3v) is 4.51. The van der Waals surface area contributed by atoms with Crippen LogP contribution >= 0.6 is 24.0 Å². The number of aryl methyl sites for hydroxylation is 1. The first-order valence-corrected chi connectivity index (χ1v) is 10.7. The van der Waals surface area contributed by atoms with E-state index in [1.165, 1.54) is 0 Å². The zero-order valence-corrected chi connectivity index (χ0v) is 21.5. The lowest BCUT2D eigenvalue weighted by molar-refractivity contribution is 0.145. The number of aromatic nitrogens is 3. The highest BCUT2D eigenvalue weighted by atomic mass is 127. The molecule has 0 atom stereocenters. The summed E-state index contributed by atoms with van der Waals surface area (Å²) >= 11 is 0. The van der Waals surface area contributed by atoms with Gasteiger partial charge >= 0.3 is 0 Å². The number of hydrogen-bond acceptors (Lipinski definition) is 7. The summed E-state index contributed by atoms with van der Waals surface area (Å²) in [6.45, 7) is 6.96. The van der Waals surface area contributed by atoms with Gasteiger partial charge in [0.1, 0.15) is 18.1 Å². The normalized spacial score (nSPS) is 11.1. The maximum atomic E-state index is 5.86. The smallest absolute Gasteiger partial charge is 0.276 e. The number of benzene rings is 1. The maximum Gasteiger partial charge on any atom is 0.276 e. The van der Waals surface area contributed by atoms with Gasteiger partial charge < -0.3 is 24.6 Å². The van der Waals surface area contributed by atoms with E-state index in [0.29, 0.717) is 56.1 Å². The van der Waals surface area contributed by atoms with Crippen LogP contribution in [0.25, 0.3) is 11.6 Å². The molecule has 178 valence electrons. The lowest BCUT2D eigenvalue weighted by Crippen LogP contribution is -2.38. The number of rotatable bonds is 11. The molecule has 2 aromatic heterocycles. The minimum absolute atomic E-state index is 0. The highest BCUT2D eigenvalue weighted by Crippen LogP contribution is 2.21. The van der Waals surface area contributed by atoms with Crippen molar-refractivity contribution in [3.8, 4) is 17.3 Å². The van der Waals surface area contributed by atoms with Gasteiger partial charge in [0.15, 0.2) is 11.8 Å². The van der Waals surface area contributed by atoms with E-state index >= 15 is 0 Å². The molecule has 10 heteroatoms. The quantitative estimate of drug-likeness (QED) is 0.158. The summed E-state index contributed by atoms with van der Waals surface area (Å²) < 4.78 is 16.2. The number of halogens is 1. The van der Waals surface area contributed by atoms with E-state index in [4.69, 9.17) is 19.0 Å². The molecule has 9 nitrogen and oxygen atoms in total. The third kappa shape index (κ3) is 8.61. The minimum atomic E-state index is 0. The second-order valence-electron chi connectivity index (χ2n) is 7.06. The Kier molecular flexibility index (Phi) is 11.6. The molecule has 0 aliphatic heterocycles. The van der Waals surface area contributed by atoms with Crippen molar-refractivity contribution in [2.24, 2.45) is 4.99 Å². The van der Waals surface area contributed by atoms with Crippen molar-refractivity contribution < 1.29 is 14.0 Å². The first kappa shape index (κ1) is 26.5. The Hall–Kier alpha value is -2.73. The van der Waals surface area contributed by atoms with E-state index < -0.39 is 0 Å². The summed E-state index contributed by atoms with van der Waals surface area (Å²) in [4.78, 5) is 13.3. The van der Waals surface area contributed by atoms with Crippen LogP contribution in [0.4, 0.5) is 0 Å². The van der Waals surface area contributed by atoms with Crippen LogP contribution in [-0.4, -0.2) is 54.5 Å². The van der Waals surface area contributed by atoms with Crippen LogP contribution in [0.15, 0.2) is 52.1 Å². The van der Waals surface area contributed by atoms with Gasteiger partial charge in [0.25, 0.3) is 5.89 Å². The van der Waals surface area contributed by atoms with Gasteiger partial charge in [-0.1, -0.05) is 23.4 Å². The molecule has 0 bridgehead atoms. The lowest BCUT2D eigenvalue weighted by Gasteiger charge is -2.13. The summed E-state index contributed by atoms with van der Waals surface area (Å²) in [6.07, 6.45) is 2.29. The molecule has 0 aliphatic rings. The Balaban J connectivity index is 0.00000385. The average molecular weight is 566 g/mol. The van der Waals surface area contributed by atoms with E-state index in [1.807, 2.05) is 44.2 Å². The molecule has 0 amide bonds. The monoisotopic (exact) mass is 566 g/mol. The van der Waals surface area contributed by atoms with Crippen LogP contribution in [0.2, 0.25) is 0 Å². The molecule has 33 heavy (non-hydrogen) atoms. The Morgan fingerprint density at radius 2 is 2.03 bits per heavy atom. The first-order valence-electron chi connectivity index (χ1n) is 10.7. The topological polar surface area (TPSA) is 107 Å². The van der Waals surface area contributed by atoms with Crippen LogP contribution in [0.1, 0.15) is 23.9 Å². The van der Waals surface area contributed by atoms with Crippen molar-refractivity contribution in [1.82, 2.24) is 25.8 Å². The van der Waals surface area contributed by atoms with Crippen LogP contribution in [-0.2, 0) is 17.7 Å². The fourth-order valence-corrected chi connectivity index (χ4v) is 2.91. The second-order valence-corrected chi connectivity index (χ2v) is 7.06. The zero-order chi connectivity index (χ0) is 22.6. The predicted octanol–water partition coefficient (Wildman–Crippen LogP) is 3.38. The maximum absolute atomic E-state index is 5.86. The molecule has 0 spiro atoms. The summed E-state index contributed by atoms with van der Waals surface area (Å²) in [6, 6.07) is 11.7. The summed E-state index contributed by atoms with van der Waals surface area (Å²) in [5.41, 5.74) is 2.82. The molecule has 0 fully saturated rings. The molecular weight excluding hydrogens is 535 g/mol. The molecule has 0 radical (unpaired) electrons. The second kappa shape index (κ2) is 14.4. The van der Waals surface area contributed by atoms with Gasteiger partial charge in [0, 0.05) is 38.4 Å². The highest BCUT2D eigenvalue weighted by Gasteiger charge is 2.10. The molecule has 0 aliphatic carbocycles. The summed E-state index contributed by atoms with van der Waals surface area (Å²) in [7, 11) is 1.66. The van der Waals surface area contributed by atoms with Gasteiger partial charge in [0.2, 0.25) is 0 Å². The van der Waals surface area contributed by atoms with Crippen LogP contribution in [0.5, 0.6) is 5.75 Å². The van der Waals surface area contributed by atoms with Gasteiger partial charge in [-0.2, -0.15) is 4.98 Å². The van der Waals surface area contributed by atoms with Gasteiger partial charge in [-0.15, -0.1) is 24.0 Å². The number of pyridine rings is 1. The van der Waals surface area contributed by atoms with E-state index in [1.54, 1.807) is 13.3 Å². The van der Waals surface area contributed by atoms with E-state index in [-0.39, 0.29) is 24.0 Å². The fourth-order valence-electron chi connectivity index (χ4n) is 2.91. The molecule has 3 rings (SSSR count). The third-order valence-electron chi connectivity index (χ3n) is 4.51. The minimum Gasteiger partial charge on any atom is -0.491 e. The summed E-state index contributed by atoms with van der Waals surface area (Å²) in [5, 5.41) is 10.6.